The average Bonchev–Trinajstić information content (AvgIpc) is 3.11. The smallest absolute Gasteiger partial charge is 0.344 e. The van der Waals surface area contributed by atoms with Crippen LogP contribution in [-0.2, 0) is 14.9 Å². The van der Waals surface area contributed by atoms with Gasteiger partial charge in [-0.3, -0.25) is 4.79 Å². The van der Waals surface area contributed by atoms with Gasteiger partial charge in [-0.25, -0.2) is 9.59 Å². The molecule has 1 fully saturated rings. The number of halogens is 6. The molecule has 0 spiro atoms. The quantitative estimate of drug-likeness (QED) is 0.0644. The van der Waals surface area contributed by atoms with Crippen LogP contribution in [0.5, 0.6) is 11.5 Å². The van der Waals surface area contributed by atoms with Gasteiger partial charge in [0.25, 0.3) is 0 Å². The number of esters is 3. The molecule has 1 saturated carbocycles. The van der Waals surface area contributed by atoms with Crippen LogP contribution in [0, 0.1) is 27.3 Å². The number of benzene rings is 4. The van der Waals surface area contributed by atoms with Crippen molar-refractivity contribution in [2.45, 2.75) is 76.7 Å². The summed E-state index contributed by atoms with van der Waals surface area (Å²) in [6.45, 7) is 6.17. The second kappa shape index (κ2) is 18.7. The third-order valence-corrected chi connectivity index (χ3v) is 17.0. The minimum Gasteiger partial charge on any atom is -0.459 e. The summed E-state index contributed by atoms with van der Waals surface area (Å²) in [7, 11) is 0. The van der Waals surface area contributed by atoms with Crippen LogP contribution in [0.25, 0.3) is 0 Å². The fourth-order valence-electron chi connectivity index (χ4n) is 6.55. The van der Waals surface area contributed by atoms with Gasteiger partial charge in [0, 0.05) is 33.3 Å². The number of carbonyl (C=O) groups excluding carboxylic acids is 3. The van der Waals surface area contributed by atoms with E-state index in [1.165, 1.54) is 19.3 Å². The molecule has 0 aliphatic heterocycles. The molecule has 5 rings (SSSR count). The number of hydrogen-bond donors (Lipinski definition) is 0. The molecule has 12 heteroatoms. The number of hydrogen-bond acceptors (Lipinski definition) is 6. The first-order valence-electron chi connectivity index (χ1n) is 16.7. The first-order valence-corrected chi connectivity index (χ1v) is 23.2. The lowest BCUT2D eigenvalue weighted by Crippen LogP contribution is -2.38. The third-order valence-electron chi connectivity index (χ3n) is 9.62. The van der Waals surface area contributed by atoms with E-state index in [0.29, 0.717) is 35.0 Å². The molecule has 52 heavy (non-hydrogen) atoms. The highest BCUT2D eigenvalue weighted by atomic mass is 127. The molecule has 0 saturated heterocycles. The molecule has 0 heterocycles. The van der Waals surface area contributed by atoms with Gasteiger partial charge in [-0.15, -0.1) is 0 Å². The Morgan fingerprint density at radius 2 is 1.06 bits per heavy atom. The molecule has 6 nitrogen and oxygen atoms in total. The zero-order valence-corrected chi connectivity index (χ0v) is 41.6. The Kier molecular flexibility index (Phi) is 15.4. The van der Waals surface area contributed by atoms with E-state index < -0.39 is 23.0 Å². The summed E-state index contributed by atoms with van der Waals surface area (Å²) in [5.74, 6) is 0.160. The fourth-order valence-corrected chi connectivity index (χ4v) is 11.3. The molecule has 1 aliphatic rings. The van der Waals surface area contributed by atoms with Gasteiger partial charge < -0.3 is 14.2 Å². The van der Waals surface area contributed by atoms with Gasteiger partial charge in [0.2, 0.25) is 0 Å². The van der Waals surface area contributed by atoms with Crippen LogP contribution in [0.15, 0.2) is 72.8 Å². The summed E-state index contributed by atoms with van der Waals surface area (Å²) in [6, 6.07) is 22.6. The second-order valence-electron chi connectivity index (χ2n) is 13.6. The molecule has 1 aliphatic carbocycles. The van der Waals surface area contributed by atoms with E-state index in [2.05, 4.69) is 142 Å². The molecule has 0 N–H and O–H groups in total. The van der Waals surface area contributed by atoms with Gasteiger partial charge in [-0.1, -0.05) is 50.5 Å². The zero-order chi connectivity index (χ0) is 37.8. The van der Waals surface area contributed by atoms with Crippen molar-refractivity contribution in [1.29, 1.82) is 0 Å². The average molecular weight is 1370 g/mol. The first-order chi connectivity index (χ1) is 24.6. The van der Waals surface area contributed by atoms with E-state index in [0.717, 1.165) is 45.4 Å². The number of ether oxygens (including phenoxy) is 3. The Balaban J connectivity index is 1.38. The maximum atomic E-state index is 13.4. The van der Waals surface area contributed by atoms with Gasteiger partial charge in [0.15, 0.2) is 0 Å². The minimum absolute atomic E-state index is 0.216. The molecule has 0 aromatic heterocycles. The van der Waals surface area contributed by atoms with Crippen LogP contribution in [-0.4, -0.2) is 23.5 Å². The summed E-state index contributed by atoms with van der Waals surface area (Å²) in [5.41, 5.74) is 1.78. The monoisotopic (exact) mass is 1370 g/mol. The second-order valence-corrected chi connectivity index (χ2v) is 20.5. The lowest BCUT2D eigenvalue weighted by Gasteiger charge is -2.37. The number of rotatable bonds is 11. The standard InChI is InChI=1S/C40H36I6O6/c1-39(2,23-7-5-4-6-8-23)52-34(47)17-18-40(3,24-9-13-28(14-10-24)50-37(48)30-19-26(41)21-32(43)35(30)45)25-11-15-29(16-12-25)51-38(49)31-20-27(42)22-33(44)36(31)46/h9-16,19-23H,4-8,17-18H2,1-3H3. The van der Waals surface area contributed by atoms with E-state index in [1.54, 1.807) is 24.3 Å². The molecule has 4 aromatic rings. The maximum absolute atomic E-state index is 13.4. The maximum Gasteiger partial charge on any atom is 0.344 e. The van der Waals surface area contributed by atoms with E-state index >= 15 is 0 Å². The molecule has 0 amide bonds. The van der Waals surface area contributed by atoms with Crippen LogP contribution < -0.4 is 9.47 Å². The van der Waals surface area contributed by atoms with Crippen molar-refractivity contribution in [3.05, 3.63) is 116 Å². The summed E-state index contributed by atoms with van der Waals surface area (Å²) in [6.07, 6.45) is 6.44. The first kappa shape index (κ1) is 42.8. The van der Waals surface area contributed by atoms with Crippen molar-refractivity contribution in [2.24, 2.45) is 5.92 Å². The van der Waals surface area contributed by atoms with Crippen molar-refractivity contribution < 1.29 is 28.6 Å². The van der Waals surface area contributed by atoms with Crippen molar-refractivity contribution in [3.8, 4) is 11.5 Å². The van der Waals surface area contributed by atoms with Crippen LogP contribution in [0.3, 0.4) is 0 Å². The summed E-state index contributed by atoms with van der Waals surface area (Å²) in [5, 5.41) is 0. The van der Waals surface area contributed by atoms with Gasteiger partial charge in [-0.05, 0) is 234 Å². The minimum atomic E-state index is -0.624. The summed E-state index contributed by atoms with van der Waals surface area (Å²) >= 11 is 13.2. The normalized spacial score (nSPS) is 13.8. The van der Waals surface area contributed by atoms with E-state index in [9.17, 15) is 14.4 Å². The molecule has 0 radical (unpaired) electrons. The molecular formula is C40H36I6O6. The van der Waals surface area contributed by atoms with Gasteiger partial charge in [0.1, 0.15) is 17.1 Å². The van der Waals surface area contributed by atoms with E-state index in [4.69, 9.17) is 14.2 Å². The van der Waals surface area contributed by atoms with Crippen molar-refractivity contribution >= 4 is 153 Å². The summed E-state index contributed by atoms with van der Waals surface area (Å²) < 4.78 is 23.4. The van der Waals surface area contributed by atoms with E-state index in [-0.39, 0.29) is 12.4 Å². The Bertz CT molecular complexity index is 1840. The Morgan fingerprint density at radius 1 is 0.635 bits per heavy atom. The fraction of sp³-hybridized carbons (Fsp3) is 0.325. The molecule has 4 aromatic carbocycles. The highest BCUT2D eigenvalue weighted by Crippen LogP contribution is 2.40. The Morgan fingerprint density at radius 3 is 1.48 bits per heavy atom. The van der Waals surface area contributed by atoms with Gasteiger partial charge >= 0.3 is 17.9 Å². The van der Waals surface area contributed by atoms with Crippen LogP contribution in [0.1, 0.15) is 97.6 Å². The molecule has 0 unspecified atom stereocenters. The van der Waals surface area contributed by atoms with Crippen molar-refractivity contribution in [1.82, 2.24) is 0 Å². The topological polar surface area (TPSA) is 78.9 Å². The lowest BCUT2D eigenvalue weighted by atomic mass is 9.73. The van der Waals surface area contributed by atoms with Gasteiger partial charge in [-0.2, -0.15) is 0 Å². The predicted molar refractivity (Wildman–Crippen MR) is 254 cm³/mol. The highest BCUT2D eigenvalue weighted by Gasteiger charge is 2.36. The van der Waals surface area contributed by atoms with Crippen LogP contribution in [0.4, 0.5) is 0 Å². The predicted octanol–water partition coefficient (Wildman–Crippen LogP) is 12.7. The van der Waals surface area contributed by atoms with E-state index in [1.807, 2.05) is 62.4 Å². The van der Waals surface area contributed by atoms with Crippen LogP contribution in [0.2, 0.25) is 0 Å². The third kappa shape index (κ3) is 10.7. The largest absolute Gasteiger partial charge is 0.459 e. The van der Waals surface area contributed by atoms with Gasteiger partial charge in [0.05, 0.1) is 11.1 Å². The lowest BCUT2D eigenvalue weighted by molar-refractivity contribution is -0.163. The highest BCUT2D eigenvalue weighted by molar-refractivity contribution is 14.1. The molecule has 0 bridgehead atoms. The number of carbonyl (C=O) groups is 3. The Hall–Kier alpha value is -0.330. The molecule has 0 atom stereocenters. The summed E-state index contributed by atoms with van der Waals surface area (Å²) in [4.78, 5) is 39.8. The van der Waals surface area contributed by atoms with Crippen molar-refractivity contribution in [2.75, 3.05) is 0 Å². The Labute approximate surface area is 387 Å². The zero-order valence-electron chi connectivity index (χ0n) is 28.7. The van der Waals surface area contributed by atoms with Crippen molar-refractivity contribution in [3.63, 3.8) is 0 Å². The SMILES string of the molecule is CC(CCC(=O)OC(C)(C)C1CCCCC1)(c1ccc(OC(=O)c2cc(I)cc(I)c2I)cc1)c1ccc(OC(=O)c2cc(I)cc(I)c2I)cc1. The van der Waals surface area contributed by atoms with Crippen LogP contribution >= 0.6 is 136 Å². The molecular weight excluding hydrogens is 1340 g/mol. The molecule has 274 valence electrons.